The molecule has 0 aromatic carbocycles. The van der Waals surface area contributed by atoms with Gasteiger partial charge in [0.05, 0.1) is 0 Å². The molecule has 4 heteroatoms. The number of rotatable bonds is 0. The molecule has 3 nitrogen and oxygen atoms in total. The zero-order valence-electron chi connectivity index (χ0n) is 2.23. The van der Waals surface area contributed by atoms with Gasteiger partial charge >= 0.3 is 6.03 Å². The van der Waals surface area contributed by atoms with E-state index in [1.807, 2.05) is 0 Å². The lowest BCUT2D eigenvalue weighted by Crippen LogP contribution is -1.75. The van der Waals surface area contributed by atoms with Crippen molar-refractivity contribution in [3.05, 3.63) is 0 Å². The van der Waals surface area contributed by atoms with Crippen molar-refractivity contribution in [1.82, 2.24) is 10.7 Å². The number of halogens is 1. The van der Waals surface area contributed by atoms with E-state index in [1.54, 1.807) is 5.43 Å². The summed E-state index contributed by atoms with van der Waals surface area (Å²) in [5.74, 6) is 0. The number of amides is 2. The summed E-state index contributed by atoms with van der Waals surface area (Å²) in [6, 6.07) is -0.662. The first-order valence-corrected chi connectivity index (χ1v) is 1.07. The van der Waals surface area contributed by atoms with Gasteiger partial charge in [0.2, 0.25) is 0 Å². The molecule has 1 fully saturated rings. The van der Waals surface area contributed by atoms with Gasteiger partial charge in [-0.15, -0.1) is 0 Å². The van der Waals surface area contributed by atoms with Gasteiger partial charge in [-0.25, -0.2) is 10.2 Å². The lowest BCUT2D eigenvalue weighted by molar-refractivity contribution is 0.164. The van der Waals surface area contributed by atoms with Gasteiger partial charge in [-0.05, 0) is 0 Å². The molecule has 1 heterocycles. The molecule has 1 aliphatic heterocycles. The van der Waals surface area contributed by atoms with E-state index in [1.165, 1.54) is 0 Å². The number of hydrogen-bond donors (Lipinski definition) is 1. The highest BCUT2D eigenvalue weighted by Gasteiger charge is 2.28. The van der Waals surface area contributed by atoms with Crippen LogP contribution in [0.5, 0.6) is 0 Å². The summed E-state index contributed by atoms with van der Waals surface area (Å²) in [7, 11) is 0. The second-order valence-electron chi connectivity index (χ2n) is 0.698. The van der Waals surface area contributed by atoms with Crippen LogP contribution in [0.4, 0.5) is 9.28 Å². The normalized spacial score (nSPS) is 18.6. The zero-order chi connectivity index (χ0) is 3.86. The summed E-state index contributed by atoms with van der Waals surface area (Å²) >= 11 is 0. The van der Waals surface area contributed by atoms with Crippen molar-refractivity contribution in [2.75, 3.05) is 0 Å². The van der Waals surface area contributed by atoms with Gasteiger partial charge in [0.1, 0.15) is 0 Å². The van der Waals surface area contributed by atoms with E-state index in [0.717, 1.165) is 0 Å². The standard InChI is InChI=1S/CHFN2O/c2-4-1(5)3-4/h(H,3,5). The Balaban J connectivity index is 2.47. The quantitative estimate of drug-likeness (QED) is 0.315. The smallest absolute Gasteiger partial charge is 0.242 e. The van der Waals surface area contributed by atoms with Crippen LogP contribution in [0.1, 0.15) is 0 Å². The molecule has 0 atom stereocenters. The summed E-state index contributed by atoms with van der Waals surface area (Å²) < 4.78 is 10.9. The van der Waals surface area contributed by atoms with Crippen LogP contribution in [0.3, 0.4) is 0 Å². The van der Waals surface area contributed by atoms with Crippen LogP contribution in [0.25, 0.3) is 0 Å². The molecule has 0 unspecified atom stereocenters. The van der Waals surface area contributed by atoms with Crippen LogP contribution >= 0.6 is 0 Å². The van der Waals surface area contributed by atoms with Crippen molar-refractivity contribution in [3.63, 3.8) is 0 Å². The lowest BCUT2D eigenvalue weighted by atomic mass is 11.3. The van der Waals surface area contributed by atoms with Gasteiger partial charge in [-0.1, -0.05) is 9.71 Å². The van der Waals surface area contributed by atoms with Crippen LogP contribution in [-0.2, 0) is 0 Å². The number of nitrogens with one attached hydrogen (secondary N) is 1. The maximum Gasteiger partial charge on any atom is 0.386 e. The molecule has 0 saturated carbocycles. The molecular formula is CHFN2O. The van der Waals surface area contributed by atoms with E-state index < -0.39 is 6.03 Å². The van der Waals surface area contributed by atoms with Crippen LogP contribution in [0.15, 0.2) is 0 Å². The molecule has 28 valence electrons. The Labute approximate surface area is 27.3 Å². The Morgan fingerprint density at radius 3 is 2.20 bits per heavy atom. The molecule has 1 N–H and O–H groups in total. The Kier molecular flexibility index (Phi) is 0.196. The fourth-order valence-electron chi connectivity index (χ4n) is 0.0590. The van der Waals surface area contributed by atoms with Gasteiger partial charge in [-0.3, -0.25) is 0 Å². The molecule has 0 radical (unpaired) electrons. The minimum atomic E-state index is -0.662. The predicted molar refractivity (Wildman–Crippen MR) is 11.5 cm³/mol. The van der Waals surface area contributed by atoms with Gasteiger partial charge in [0.15, 0.2) is 0 Å². The fourth-order valence-corrected chi connectivity index (χ4v) is 0.0590. The van der Waals surface area contributed by atoms with E-state index in [2.05, 4.69) is 0 Å². The second-order valence-corrected chi connectivity index (χ2v) is 0.698. The van der Waals surface area contributed by atoms with Gasteiger partial charge in [0.25, 0.3) is 0 Å². The molecule has 0 bridgehead atoms. The highest BCUT2D eigenvalue weighted by molar-refractivity contribution is 5.83. The summed E-state index contributed by atoms with van der Waals surface area (Å²) in [6.07, 6.45) is 0. The third kappa shape index (κ3) is 0.170. The molecular weight excluding hydrogens is 75.0 g/mol. The average Bonchev–Trinajstić information content (AvgIpc) is 1.79. The van der Waals surface area contributed by atoms with Crippen molar-refractivity contribution >= 4 is 6.03 Å². The van der Waals surface area contributed by atoms with Crippen molar-refractivity contribution in [2.45, 2.75) is 0 Å². The number of nitrogens with zero attached hydrogens (tertiary/aromatic N) is 1. The van der Waals surface area contributed by atoms with Crippen molar-refractivity contribution in [1.29, 1.82) is 0 Å². The maximum atomic E-state index is 10.9. The van der Waals surface area contributed by atoms with Gasteiger partial charge in [0, 0.05) is 0 Å². The molecule has 0 aromatic rings. The van der Waals surface area contributed by atoms with E-state index in [4.69, 9.17) is 0 Å². The molecule has 0 aliphatic carbocycles. The first-order chi connectivity index (χ1) is 2.30. The average molecular weight is 76.0 g/mol. The van der Waals surface area contributed by atoms with E-state index >= 15 is 0 Å². The summed E-state index contributed by atoms with van der Waals surface area (Å²) in [6.45, 7) is 0. The highest BCUT2D eigenvalue weighted by Crippen LogP contribution is 1.96. The van der Waals surface area contributed by atoms with Crippen LogP contribution in [-0.4, -0.2) is 11.3 Å². The molecule has 0 aromatic heterocycles. The van der Waals surface area contributed by atoms with Crippen LogP contribution < -0.4 is 5.43 Å². The van der Waals surface area contributed by atoms with Gasteiger partial charge in [-0.2, -0.15) is 0 Å². The number of hydrazine groups is 1. The SMILES string of the molecule is O=C1NN1F. The monoisotopic (exact) mass is 76.0 g/mol. The number of carbonyl (C=O) groups excluding carboxylic acids is 1. The number of carbonyl (C=O) groups is 1. The van der Waals surface area contributed by atoms with E-state index in [-0.39, 0.29) is 5.23 Å². The minimum Gasteiger partial charge on any atom is -0.242 e. The Bertz CT molecular complexity index is 72.0. The van der Waals surface area contributed by atoms with Crippen LogP contribution in [0, 0.1) is 0 Å². The third-order valence-corrected chi connectivity index (χ3v) is 0.322. The Morgan fingerprint density at radius 2 is 2.20 bits per heavy atom. The third-order valence-electron chi connectivity index (χ3n) is 0.322. The predicted octanol–water partition coefficient (Wildman–Crippen LogP) is -0.189. The Hall–Kier alpha value is -0.800. The highest BCUT2D eigenvalue weighted by atomic mass is 19.2. The number of hydrogen-bond acceptors (Lipinski definition) is 1. The van der Waals surface area contributed by atoms with E-state index in [9.17, 15) is 9.28 Å². The Morgan fingerprint density at radius 1 is 2.00 bits per heavy atom. The minimum absolute atomic E-state index is 0.0972. The molecule has 5 heavy (non-hydrogen) atoms. The molecule has 1 rings (SSSR count). The first kappa shape index (κ1) is 2.44. The molecule has 1 aliphatic rings. The van der Waals surface area contributed by atoms with Crippen molar-refractivity contribution in [2.24, 2.45) is 0 Å². The second kappa shape index (κ2) is 0.403. The first-order valence-electron chi connectivity index (χ1n) is 1.07. The summed E-state index contributed by atoms with van der Waals surface area (Å²) in [5.41, 5.74) is 1.72. The topological polar surface area (TPSA) is 42.0 Å². The van der Waals surface area contributed by atoms with Crippen molar-refractivity contribution in [3.8, 4) is 0 Å². The summed E-state index contributed by atoms with van der Waals surface area (Å²) in [4.78, 5) is 9.33. The molecule has 1 saturated heterocycles. The zero-order valence-corrected chi connectivity index (χ0v) is 2.23. The molecule has 0 spiro atoms. The number of urea groups is 1. The molecule has 2 amide bonds. The maximum absolute atomic E-state index is 10.9. The van der Waals surface area contributed by atoms with E-state index in [0.29, 0.717) is 0 Å². The largest absolute Gasteiger partial charge is 0.386 e. The fraction of sp³-hybridized carbons (Fsp3) is 0. The summed E-state index contributed by atoms with van der Waals surface area (Å²) in [5, 5.41) is -0.0972. The van der Waals surface area contributed by atoms with Gasteiger partial charge < -0.3 is 0 Å². The lowest BCUT2D eigenvalue weighted by Gasteiger charge is -1.55. The van der Waals surface area contributed by atoms with Crippen LogP contribution in [0.2, 0.25) is 0 Å². The van der Waals surface area contributed by atoms with Crippen molar-refractivity contribution < 1.29 is 9.28 Å².